The van der Waals surface area contributed by atoms with E-state index in [1.54, 1.807) is 49.4 Å². The number of aryl methyl sites for hydroxylation is 1. The molecule has 0 bridgehead atoms. The number of amides is 2. The monoisotopic (exact) mass is 725 g/mol. The summed E-state index contributed by atoms with van der Waals surface area (Å²) in [4.78, 5) is 30.4. The van der Waals surface area contributed by atoms with Crippen LogP contribution < -0.4 is 9.62 Å². The third kappa shape index (κ3) is 8.72. The first kappa shape index (κ1) is 35.7. The van der Waals surface area contributed by atoms with Crippen molar-refractivity contribution in [3.63, 3.8) is 0 Å². The van der Waals surface area contributed by atoms with Crippen LogP contribution in [0.25, 0.3) is 0 Å². The van der Waals surface area contributed by atoms with Crippen molar-refractivity contribution in [3.8, 4) is 0 Å². The van der Waals surface area contributed by atoms with Gasteiger partial charge in [-0.3, -0.25) is 13.9 Å². The summed E-state index contributed by atoms with van der Waals surface area (Å²) in [7, 11) is -4.26. The molecule has 1 aliphatic carbocycles. The average Bonchev–Trinajstić information content (AvgIpc) is 3.07. The van der Waals surface area contributed by atoms with E-state index in [1.807, 2.05) is 30.3 Å². The molecule has 2 amide bonds. The predicted octanol–water partition coefficient (Wildman–Crippen LogP) is 8.24. The fourth-order valence-electron chi connectivity index (χ4n) is 6.04. The van der Waals surface area contributed by atoms with E-state index in [-0.39, 0.29) is 29.8 Å². The van der Waals surface area contributed by atoms with Gasteiger partial charge >= 0.3 is 0 Å². The van der Waals surface area contributed by atoms with Crippen LogP contribution in [0.5, 0.6) is 0 Å². The molecule has 0 radical (unpaired) electrons. The van der Waals surface area contributed by atoms with E-state index in [0.29, 0.717) is 31.9 Å². The molecular formula is C37H38Cl3N3O4S. The van der Waals surface area contributed by atoms with E-state index in [1.165, 1.54) is 29.2 Å². The number of para-hydroxylation sites is 1. The van der Waals surface area contributed by atoms with E-state index < -0.39 is 28.5 Å². The highest BCUT2D eigenvalue weighted by Gasteiger charge is 2.36. The number of sulfonamides is 1. The van der Waals surface area contributed by atoms with Gasteiger partial charge in [-0.15, -0.1) is 0 Å². The van der Waals surface area contributed by atoms with Crippen molar-refractivity contribution in [2.24, 2.45) is 0 Å². The zero-order valence-corrected chi connectivity index (χ0v) is 29.7. The standard InChI is InChI=1S/C37H38Cl3N3O4S/c1-26-11-8-9-18-34(26)43(48(46,47)30-21-19-28(38)20-22-30)25-36(44)42(24-31-32(39)16-10-17-33(31)40)35(23-27-12-4-2-5-13-27)37(45)41-29-14-6-3-7-15-29/h2,4-5,8-13,16-22,29,35H,3,6-7,14-15,23-25H2,1H3,(H,41,45)/t35-/m1/s1. The fourth-order valence-corrected chi connectivity index (χ4v) is 8.16. The van der Waals surface area contributed by atoms with Crippen LogP contribution in [0.1, 0.15) is 48.8 Å². The smallest absolute Gasteiger partial charge is 0.264 e. The number of halogens is 3. The minimum atomic E-state index is -4.26. The highest BCUT2D eigenvalue weighted by Crippen LogP contribution is 2.31. The van der Waals surface area contributed by atoms with Gasteiger partial charge in [-0.05, 0) is 73.4 Å². The Hall–Kier alpha value is -3.56. The number of nitrogens with one attached hydrogen (secondary N) is 1. The Morgan fingerprint density at radius 3 is 2.08 bits per heavy atom. The van der Waals surface area contributed by atoms with Crippen molar-refractivity contribution < 1.29 is 18.0 Å². The Labute approximate surface area is 297 Å². The molecule has 1 N–H and O–H groups in total. The van der Waals surface area contributed by atoms with E-state index in [9.17, 15) is 18.0 Å². The van der Waals surface area contributed by atoms with Gasteiger partial charge in [-0.2, -0.15) is 0 Å². The molecule has 0 unspecified atom stereocenters. The fraction of sp³-hybridized carbons (Fsp3) is 0.297. The summed E-state index contributed by atoms with van der Waals surface area (Å²) < 4.78 is 29.6. The summed E-state index contributed by atoms with van der Waals surface area (Å²) in [6.45, 7) is 1.08. The van der Waals surface area contributed by atoms with Gasteiger partial charge in [0.25, 0.3) is 10.0 Å². The first-order chi connectivity index (χ1) is 23.0. The first-order valence-corrected chi connectivity index (χ1v) is 18.5. The van der Waals surface area contributed by atoms with Crippen LogP contribution in [0.3, 0.4) is 0 Å². The van der Waals surface area contributed by atoms with E-state index in [0.717, 1.165) is 42.0 Å². The number of hydrogen-bond acceptors (Lipinski definition) is 4. The molecule has 4 aromatic rings. The predicted molar refractivity (Wildman–Crippen MR) is 193 cm³/mol. The van der Waals surface area contributed by atoms with Crippen molar-refractivity contribution in [3.05, 3.63) is 129 Å². The number of rotatable bonds is 12. The van der Waals surface area contributed by atoms with E-state index >= 15 is 0 Å². The third-order valence-corrected chi connectivity index (χ3v) is 11.4. The van der Waals surface area contributed by atoms with Crippen molar-refractivity contribution in [1.29, 1.82) is 0 Å². The summed E-state index contributed by atoms with van der Waals surface area (Å²) in [5.41, 5.74) is 2.29. The molecule has 1 aliphatic rings. The van der Waals surface area contributed by atoms with Crippen molar-refractivity contribution in [2.45, 2.75) is 69.0 Å². The van der Waals surface area contributed by atoms with Crippen LogP contribution in [0.2, 0.25) is 15.1 Å². The molecule has 7 nitrogen and oxygen atoms in total. The molecule has 11 heteroatoms. The van der Waals surface area contributed by atoms with Crippen LogP contribution in [0, 0.1) is 6.92 Å². The Bertz CT molecular complexity index is 1810. The second-order valence-corrected chi connectivity index (χ2v) is 15.1. The second kappa shape index (κ2) is 16.2. The quantitative estimate of drug-likeness (QED) is 0.159. The van der Waals surface area contributed by atoms with Crippen LogP contribution in [-0.4, -0.2) is 43.8 Å². The van der Waals surface area contributed by atoms with Crippen LogP contribution >= 0.6 is 34.8 Å². The van der Waals surface area contributed by atoms with E-state index in [2.05, 4.69) is 5.32 Å². The first-order valence-electron chi connectivity index (χ1n) is 15.9. The minimum absolute atomic E-state index is 0.0147. The molecule has 0 heterocycles. The Kier molecular flexibility index (Phi) is 12.1. The maximum absolute atomic E-state index is 14.8. The molecule has 5 rings (SSSR count). The molecule has 4 aromatic carbocycles. The number of hydrogen-bond donors (Lipinski definition) is 1. The summed E-state index contributed by atoms with van der Waals surface area (Å²) in [6, 6.07) is 26.2. The molecule has 0 saturated heterocycles. The zero-order valence-electron chi connectivity index (χ0n) is 26.6. The van der Waals surface area contributed by atoms with Gasteiger partial charge in [0.2, 0.25) is 11.8 Å². The summed E-state index contributed by atoms with van der Waals surface area (Å²) >= 11 is 19.3. The van der Waals surface area contributed by atoms with Crippen molar-refractivity contribution in [1.82, 2.24) is 10.2 Å². The molecule has 0 aliphatic heterocycles. The SMILES string of the molecule is Cc1ccccc1N(CC(=O)N(Cc1c(Cl)cccc1Cl)[C@H](Cc1ccccc1)C(=O)NC1CCCCC1)S(=O)(=O)c1ccc(Cl)cc1. The summed E-state index contributed by atoms with van der Waals surface area (Å²) in [5.74, 6) is -0.906. The van der Waals surface area contributed by atoms with Gasteiger partial charge in [0.1, 0.15) is 12.6 Å². The number of carbonyl (C=O) groups excluding carboxylic acids is 2. The lowest BCUT2D eigenvalue weighted by Crippen LogP contribution is -2.55. The van der Waals surface area contributed by atoms with Gasteiger partial charge in [0, 0.05) is 39.6 Å². The topological polar surface area (TPSA) is 86.8 Å². The lowest BCUT2D eigenvalue weighted by atomic mass is 9.94. The summed E-state index contributed by atoms with van der Waals surface area (Å²) in [6.07, 6.45) is 5.05. The van der Waals surface area contributed by atoms with Crippen LogP contribution in [0.15, 0.2) is 102 Å². The van der Waals surface area contributed by atoms with E-state index in [4.69, 9.17) is 34.8 Å². The normalized spacial score (nSPS) is 14.2. The number of anilines is 1. The molecule has 0 aromatic heterocycles. The molecule has 1 saturated carbocycles. The largest absolute Gasteiger partial charge is 0.352 e. The summed E-state index contributed by atoms with van der Waals surface area (Å²) in [5, 5.41) is 4.24. The average molecular weight is 727 g/mol. The van der Waals surface area contributed by atoms with Crippen LogP contribution in [-0.2, 0) is 32.6 Å². The molecule has 1 fully saturated rings. The lowest BCUT2D eigenvalue weighted by Gasteiger charge is -2.35. The molecule has 48 heavy (non-hydrogen) atoms. The van der Waals surface area contributed by atoms with Gasteiger partial charge in [0.05, 0.1) is 10.6 Å². The number of benzene rings is 4. The van der Waals surface area contributed by atoms with Gasteiger partial charge in [-0.25, -0.2) is 8.42 Å². The number of nitrogens with zero attached hydrogens (tertiary/aromatic N) is 2. The molecule has 0 spiro atoms. The lowest BCUT2D eigenvalue weighted by molar-refractivity contribution is -0.140. The third-order valence-electron chi connectivity index (χ3n) is 8.68. The van der Waals surface area contributed by atoms with Gasteiger partial charge < -0.3 is 10.2 Å². The Morgan fingerprint density at radius 1 is 0.812 bits per heavy atom. The van der Waals surface area contributed by atoms with Gasteiger partial charge in [0.15, 0.2) is 0 Å². The van der Waals surface area contributed by atoms with Crippen LogP contribution in [0.4, 0.5) is 5.69 Å². The zero-order chi connectivity index (χ0) is 34.3. The maximum Gasteiger partial charge on any atom is 0.264 e. The van der Waals surface area contributed by atoms with Crippen molar-refractivity contribution >= 4 is 62.3 Å². The minimum Gasteiger partial charge on any atom is -0.352 e. The Morgan fingerprint density at radius 2 is 1.44 bits per heavy atom. The number of carbonyl (C=O) groups is 2. The highest BCUT2D eigenvalue weighted by molar-refractivity contribution is 7.92. The molecule has 252 valence electrons. The molecular weight excluding hydrogens is 689 g/mol. The molecule has 1 atom stereocenters. The maximum atomic E-state index is 14.8. The second-order valence-electron chi connectivity index (χ2n) is 12.0. The highest BCUT2D eigenvalue weighted by atomic mass is 35.5. The van der Waals surface area contributed by atoms with Crippen molar-refractivity contribution in [2.75, 3.05) is 10.8 Å². The van der Waals surface area contributed by atoms with Gasteiger partial charge in [-0.1, -0.05) is 109 Å². The Balaban J connectivity index is 1.60.